The lowest BCUT2D eigenvalue weighted by molar-refractivity contribution is -0.120. The molecule has 5 rings (SSSR count). The molecule has 0 bridgehead atoms. The van der Waals surface area contributed by atoms with Crippen LogP contribution in [0.4, 0.5) is 0 Å². The lowest BCUT2D eigenvalue weighted by Crippen LogP contribution is -2.27. The van der Waals surface area contributed by atoms with Crippen LogP contribution in [0.15, 0.2) is 48.8 Å². The number of rotatable bonds is 6. The van der Waals surface area contributed by atoms with Gasteiger partial charge in [0.25, 0.3) is 0 Å². The van der Waals surface area contributed by atoms with E-state index in [-0.39, 0.29) is 18.4 Å². The Kier molecular flexibility index (Phi) is 5.59. The Labute approximate surface area is 186 Å². The van der Waals surface area contributed by atoms with Gasteiger partial charge in [0, 0.05) is 30.6 Å². The van der Waals surface area contributed by atoms with Crippen LogP contribution in [0.25, 0.3) is 22.1 Å². The smallest absolute Gasteiger partial charge is 0.227 e. The van der Waals surface area contributed by atoms with Crippen LogP contribution < -0.4 is 5.32 Å². The molecule has 4 aromatic rings. The molecule has 1 aromatic carbocycles. The van der Waals surface area contributed by atoms with Crippen LogP contribution in [-0.4, -0.2) is 25.4 Å². The van der Waals surface area contributed by atoms with Crippen molar-refractivity contribution in [2.75, 3.05) is 0 Å². The van der Waals surface area contributed by atoms with Gasteiger partial charge in [-0.25, -0.2) is 9.97 Å². The minimum atomic E-state index is -0.0400. The highest BCUT2D eigenvalue weighted by Crippen LogP contribution is 2.37. The topological polar surface area (TPSA) is 99.4 Å². The first-order valence-corrected chi connectivity index (χ1v) is 11.2. The molecule has 3 heterocycles. The number of hydrogen-bond donors (Lipinski definition) is 2. The zero-order valence-corrected chi connectivity index (χ0v) is 17.9. The van der Waals surface area contributed by atoms with Crippen molar-refractivity contribution in [2.45, 2.75) is 51.1 Å². The molecule has 3 aromatic heterocycles. The van der Waals surface area contributed by atoms with Gasteiger partial charge in [0.15, 0.2) is 0 Å². The van der Waals surface area contributed by atoms with Crippen molar-refractivity contribution in [3.05, 3.63) is 60.2 Å². The van der Waals surface area contributed by atoms with Gasteiger partial charge in [0.1, 0.15) is 17.0 Å². The van der Waals surface area contributed by atoms with Crippen LogP contribution in [0.2, 0.25) is 0 Å². The van der Waals surface area contributed by atoms with Gasteiger partial charge in [0.2, 0.25) is 5.91 Å². The first-order chi connectivity index (χ1) is 15.7. The summed E-state index contributed by atoms with van der Waals surface area (Å²) in [7, 11) is 0. The van der Waals surface area contributed by atoms with E-state index in [4.69, 9.17) is 10.2 Å². The van der Waals surface area contributed by atoms with Gasteiger partial charge >= 0.3 is 0 Å². The number of H-pyrrole nitrogens is 1. The molecule has 0 spiro atoms. The molecule has 1 fully saturated rings. The van der Waals surface area contributed by atoms with Crippen molar-refractivity contribution < 1.29 is 4.79 Å². The van der Waals surface area contributed by atoms with Crippen LogP contribution in [0.5, 0.6) is 0 Å². The van der Waals surface area contributed by atoms with Crippen molar-refractivity contribution in [3.63, 3.8) is 0 Å². The predicted molar refractivity (Wildman–Crippen MR) is 123 cm³/mol. The standard InChI is InChI=1S/C25H26N6O/c26-12-10-17-6-8-19(9-7-17)31-22(14-23(32)28-15-18-4-2-1-3-5-18)30-21-16-29-25-20(24(21)31)11-13-27-25/h1-5,11,13,16-17,19H,6-10,14-15H2,(H,27,29)(H,28,32)/t17-,19-. The Hall–Kier alpha value is -3.66. The minimum absolute atomic E-state index is 0.0400. The van der Waals surface area contributed by atoms with E-state index >= 15 is 0 Å². The number of amides is 1. The van der Waals surface area contributed by atoms with Crippen molar-refractivity contribution in [3.8, 4) is 6.07 Å². The number of nitriles is 1. The zero-order valence-electron chi connectivity index (χ0n) is 17.9. The molecule has 0 unspecified atom stereocenters. The van der Waals surface area contributed by atoms with E-state index in [9.17, 15) is 4.79 Å². The van der Waals surface area contributed by atoms with Crippen molar-refractivity contribution in [1.29, 1.82) is 5.26 Å². The molecule has 162 valence electrons. The summed E-state index contributed by atoms with van der Waals surface area (Å²) in [6, 6.07) is 14.5. The van der Waals surface area contributed by atoms with Gasteiger partial charge in [-0.3, -0.25) is 4.79 Å². The van der Waals surface area contributed by atoms with Crippen molar-refractivity contribution in [1.82, 2.24) is 24.8 Å². The third-order valence-corrected chi connectivity index (χ3v) is 6.52. The number of pyridine rings is 1. The summed E-state index contributed by atoms with van der Waals surface area (Å²) in [5.74, 6) is 1.21. The van der Waals surface area contributed by atoms with E-state index < -0.39 is 0 Å². The molecule has 7 nitrogen and oxygen atoms in total. The summed E-state index contributed by atoms with van der Waals surface area (Å²) in [6.07, 6.45) is 8.57. The summed E-state index contributed by atoms with van der Waals surface area (Å²) >= 11 is 0. The van der Waals surface area contributed by atoms with Crippen LogP contribution in [0.1, 0.15) is 49.5 Å². The molecule has 0 atom stereocenters. The number of aromatic nitrogens is 4. The number of hydrogen-bond acceptors (Lipinski definition) is 4. The first-order valence-electron chi connectivity index (χ1n) is 11.2. The van der Waals surface area contributed by atoms with E-state index in [1.54, 1.807) is 6.20 Å². The van der Waals surface area contributed by atoms with E-state index in [0.29, 0.717) is 18.9 Å². The number of carbonyl (C=O) groups excluding carboxylic acids is 1. The fourth-order valence-electron chi connectivity index (χ4n) is 4.90. The largest absolute Gasteiger partial charge is 0.352 e. The summed E-state index contributed by atoms with van der Waals surface area (Å²) in [6.45, 7) is 0.503. The van der Waals surface area contributed by atoms with Gasteiger partial charge in [-0.05, 0) is 43.2 Å². The van der Waals surface area contributed by atoms with E-state index in [0.717, 1.165) is 59.1 Å². The second-order valence-electron chi connectivity index (χ2n) is 8.61. The molecule has 1 aliphatic rings. The number of imidazole rings is 1. The summed E-state index contributed by atoms with van der Waals surface area (Å²) in [5.41, 5.74) is 3.77. The zero-order chi connectivity index (χ0) is 21.9. The number of fused-ring (bicyclic) bond motifs is 3. The highest BCUT2D eigenvalue weighted by atomic mass is 16.1. The lowest BCUT2D eigenvalue weighted by Gasteiger charge is -2.30. The average Bonchev–Trinajstić information content (AvgIpc) is 3.43. The third kappa shape index (κ3) is 3.96. The average molecular weight is 427 g/mol. The van der Waals surface area contributed by atoms with Gasteiger partial charge in [-0.15, -0.1) is 0 Å². The maximum Gasteiger partial charge on any atom is 0.227 e. The molecule has 0 radical (unpaired) electrons. The third-order valence-electron chi connectivity index (χ3n) is 6.52. The van der Waals surface area contributed by atoms with E-state index in [1.165, 1.54) is 0 Å². The van der Waals surface area contributed by atoms with Gasteiger partial charge < -0.3 is 14.9 Å². The maximum absolute atomic E-state index is 12.8. The molecular weight excluding hydrogens is 400 g/mol. The Morgan fingerprint density at radius 3 is 2.78 bits per heavy atom. The number of nitrogens with zero attached hydrogens (tertiary/aromatic N) is 4. The molecular formula is C25H26N6O. The number of nitrogens with one attached hydrogen (secondary N) is 2. The quantitative estimate of drug-likeness (QED) is 0.477. The van der Waals surface area contributed by atoms with Crippen molar-refractivity contribution in [2.24, 2.45) is 5.92 Å². The highest BCUT2D eigenvalue weighted by molar-refractivity contribution is 6.01. The SMILES string of the molecule is N#CC[C@H]1CC[C@H](n2c(CC(=O)NCc3ccccc3)nc3cnc4[nH]ccc4c32)CC1. The minimum Gasteiger partial charge on any atom is -0.352 e. The Morgan fingerprint density at radius 2 is 2.00 bits per heavy atom. The highest BCUT2D eigenvalue weighted by Gasteiger charge is 2.27. The Balaban J connectivity index is 1.44. The second kappa shape index (κ2) is 8.83. The van der Waals surface area contributed by atoms with E-state index in [1.807, 2.05) is 42.6 Å². The van der Waals surface area contributed by atoms with Crippen LogP contribution in [0.3, 0.4) is 0 Å². The van der Waals surface area contributed by atoms with Crippen molar-refractivity contribution >= 4 is 28.0 Å². The Bertz CT molecular complexity index is 1270. The van der Waals surface area contributed by atoms with E-state index in [2.05, 4.69) is 25.9 Å². The lowest BCUT2D eigenvalue weighted by atomic mass is 9.84. The maximum atomic E-state index is 12.8. The molecule has 32 heavy (non-hydrogen) atoms. The fraction of sp³-hybridized carbons (Fsp3) is 0.360. The number of aromatic amines is 1. The second-order valence-corrected chi connectivity index (χ2v) is 8.61. The van der Waals surface area contributed by atoms with Gasteiger partial charge in [0.05, 0.1) is 24.2 Å². The summed E-state index contributed by atoms with van der Waals surface area (Å²) < 4.78 is 2.28. The molecule has 7 heteroatoms. The number of benzene rings is 1. The van der Waals surface area contributed by atoms with Crippen LogP contribution >= 0.6 is 0 Å². The predicted octanol–water partition coefficient (Wildman–Crippen LogP) is 4.42. The molecule has 0 saturated heterocycles. The van der Waals surface area contributed by atoms with Gasteiger partial charge in [-0.1, -0.05) is 30.3 Å². The fourth-order valence-corrected chi connectivity index (χ4v) is 4.90. The molecule has 2 N–H and O–H groups in total. The number of carbonyl (C=O) groups is 1. The summed E-state index contributed by atoms with van der Waals surface area (Å²) in [5, 5.41) is 13.1. The van der Waals surface area contributed by atoms with Gasteiger partial charge in [-0.2, -0.15) is 5.26 Å². The van der Waals surface area contributed by atoms with Crippen LogP contribution in [0, 0.1) is 17.2 Å². The normalized spacial score (nSPS) is 18.6. The molecule has 1 amide bonds. The molecule has 0 aliphatic heterocycles. The molecule has 1 aliphatic carbocycles. The summed E-state index contributed by atoms with van der Waals surface area (Å²) in [4.78, 5) is 25.3. The van der Waals surface area contributed by atoms with Crippen LogP contribution in [-0.2, 0) is 17.8 Å². The first kappa shape index (κ1) is 20.3. The molecule has 1 saturated carbocycles. The monoisotopic (exact) mass is 426 g/mol. The Morgan fingerprint density at radius 1 is 1.19 bits per heavy atom.